The molecular formula is C19H31N3O6S. The number of aliphatic imine (C=N–C) groups is 1. The fourth-order valence-corrected chi connectivity index (χ4v) is 2.92. The van der Waals surface area contributed by atoms with Gasteiger partial charge in [0.1, 0.15) is 11.2 Å². The van der Waals surface area contributed by atoms with Crippen LogP contribution in [-0.2, 0) is 19.5 Å². The van der Waals surface area contributed by atoms with Crippen LogP contribution in [0.25, 0.3) is 0 Å². The SMILES string of the molecule is C#C/C(N=C)=C(\N(C(=O)OC(C)(C)C)C(=O)OC(C)(C)C)N(C)S(=O)(=O)C(C)C. The monoisotopic (exact) mass is 429 g/mol. The van der Waals surface area contributed by atoms with E-state index >= 15 is 0 Å². The van der Waals surface area contributed by atoms with E-state index in [0.29, 0.717) is 9.21 Å². The maximum atomic E-state index is 12.9. The minimum atomic E-state index is -4.01. The van der Waals surface area contributed by atoms with Crippen LogP contribution < -0.4 is 0 Å². The summed E-state index contributed by atoms with van der Waals surface area (Å²) in [5, 5.41) is -0.884. The number of rotatable bonds is 5. The van der Waals surface area contributed by atoms with Crippen molar-refractivity contribution in [2.75, 3.05) is 7.05 Å². The Kier molecular flexibility index (Phi) is 8.49. The first-order chi connectivity index (χ1) is 12.9. The predicted octanol–water partition coefficient (Wildman–Crippen LogP) is 3.33. The van der Waals surface area contributed by atoms with Crippen molar-refractivity contribution in [3.8, 4) is 12.3 Å². The number of imide groups is 1. The number of amides is 2. The Labute approximate surface area is 173 Å². The summed E-state index contributed by atoms with van der Waals surface area (Å²) in [4.78, 5) is 29.8. The Bertz CT molecular complexity index is 795. The van der Waals surface area contributed by atoms with Crippen molar-refractivity contribution in [2.45, 2.75) is 71.8 Å². The fourth-order valence-electron chi connectivity index (χ4n) is 1.88. The summed E-state index contributed by atoms with van der Waals surface area (Å²) in [6, 6.07) is 0. The van der Waals surface area contributed by atoms with Crippen molar-refractivity contribution in [2.24, 2.45) is 4.99 Å². The number of ether oxygens (including phenoxy) is 2. The zero-order valence-electron chi connectivity index (χ0n) is 18.6. The van der Waals surface area contributed by atoms with Gasteiger partial charge in [-0.15, -0.1) is 6.42 Å². The van der Waals surface area contributed by atoms with Crippen LogP contribution in [0.5, 0.6) is 0 Å². The fraction of sp³-hybridized carbons (Fsp3) is 0.632. The second-order valence-electron chi connectivity index (χ2n) is 8.33. The molecule has 0 rings (SSSR count). The molecule has 0 saturated carbocycles. The van der Waals surface area contributed by atoms with Gasteiger partial charge in [-0.1, -0.05) is 0 Å². The first-order valence-corrected chi connectivity index (χ1v) is 10.3. The second-order valence-corrected chi connectivity index (χ2v) is 10.9. The number of carbonyl (C=O) groups excluding carboxylic acids is 2. The number of terminal acetylenes is 1. The molecule has 0 bridgehead atoms. The average Bonchev–Trinajstić information content (AvgIpc) is 2.50. The van der Waals surface area contributed by atoms with Gasteiger partial charge in [0.2, 0.25) is 10.0 Å². The molecule has 0 aromatic heterocycles. The van der Waals surface area contributed by atoms with Crippen molar-refractivity contribution in [1.29, 1.82) is 0 Å². The molecule has 0 spiro atoms. The molecule has 0 fully saturated rings. The van der Waals surface area contributed by atoms with Crippen LogP contribution in [0.3, 0.4) is 0 Å². The lowest BCUT2D eigenvalue weighted by molar-refractivity contribution is 0.00504. The summed E-state index contributed by atoms with van der Waals surface area (Å²) in [7, 11) is -2.86. The van der Waals surface area contributed by atoms with Gasteiger partial charge in [-0.05, 0) is 68.0 Å². The maximum absolute atomic E-state index is 12.9. The van der Waals surface area contributed by atoms with Gasteiger partial charge in [0.15, 0.2) is 11.5 Å². The van der Waals surface area contributed by atoms with Crippen LogP contribution in [-0.4, -0.2) is 60.0 Å². The van der Waals surface area contributed by atoms with Gasteiger partial charge in [0, 0.05) is 7.05 Å². The maximum Gasteiger partial charge on any atom is 0.425 e. The van der Waals surface area contributed by atoms with E-state index in [0.717, 1.165) is 7.05 Å². The van der Waals surface area contributed by atoms with E-state index in [1.165, 1.54) is 13.8 Å². The summed E-state index contributed by atoms with van der Waals surface area (Å²) in [6.07, 6.45) is 3.09. The van der Waals surface area contributed by atoms with Gasteiger partial charge in [-0.25, -0.2) is 18.0 Å². The molecule has 0 aromatic rings. The molecular weight excluding hydrogens is 398 g/mol. The molecule has 9 nitrogen and oxygen atoms in total. The second kappa shape index (κ2) is 9.31. The Morgan fingerprint density at radius 2 is 1.41 bits per heavy atom. The zero-order chi connectivity index (χ0) is 23.4. The number of carbonyl (C=O) groups is 2. The first kappa shape index (κ1) is 26.5. The normalized spacial score (nSPS) is 13.1. The highest BCUT2D eigenvalue weighted by Crippen LogP contribution is 2.25. The lowest BCUT2D eigenvalue weighted by Crippen LogP contribution is -2.49. The summed E-state index contributed by atoms with van der Waals surface area (Å²) in [5.41, 5.74) is -2.33. The van der Waals surface area contributed by atoms with Crippen molar-refractivity contribution in [3.63, 3.8) is 0 Å². The van der Waals surface area contributed by atoms with Gasteiger partial charge in [-0.2, -0.15) is 4.90 Å². The molecule has 10 heteroatoms. The lowest BCUT2D eigenvalue weighted by Gasteiger charge is -2.33. The molecule has 0 saturated heterocycles. The molecule has 29 heavy (non-hydrogen) atoms. The summed E-state index contributed by atoms with van der Waals surface area (Å²) in [5.74, 6) is 1.63. The minimum absolute atomic E-state index is 0.353. The van der Waals surface area contributed by atoms with Crippen molar-refractivity contribution in [1.82, 2.24) is 9.21 Å². The van der Waals surface area contributed by atoms with Gasteiger partial charge in [0.05, 0.1) is 5.25 Å². The molecule has 0 aliphatic rings. The standard InChI is InChI=1S/C19H31N3O6S/c1-12-14(20-10)15(21(11)29(25,26)13(2)3)22(16(23)27-18(4,5)6)17(24)28-19(7,8)9/h1,13H,10H2,2-9,11H3/b15-14+. The number of allylic oxidation sites excluding steroid dienone is 1. The van der Waals surface area contributed by atoms with Gasteiger partial charge in [0.25, 0.3) is 0 Å². The van der Waals surface area contributed by atoms with Gasteiger partial charge in [-0.3, -0.25) is 9.30 Å². The zero-order valence-corrected chi connectivity index (χ0v) is 19.4. The van der Waals surface area contributed by atoms with Crippen molar-refractivity contribution < 1.29 is 27.5 Å². The van der Waals surface area contributed by atoms with E-state index in [-0.39, 0.29) is 5.70 Å². The quantitative estimate of drug-likeness (QED) is 0.490. The molecule has 2 amide bonds. The molecule has 164 valence electrons. The van der Waals surface area contributed by atoms with Crippen LogP contribution in [0.2, 0.25) is 0 Å². The van der Waals surface area contributed by atoms with Crippen molar-refractivity contribution >= 4 is 28.9 Å². The predicted molar refractivity (Wildman–Crippen MR) is 112 cm³/mol. The summed E-state index contributed by atoms with van der Waals surface area (Å²) in [6.45, 7) is 15.7. The van der Waals surface area contributed by atoms with E-state index in [1.807, 2.05) is 0 Å². The third kappa shape index (κ3) is 7.42. The summed E-state index contributed by atoms with van der Waals surface area (Å²) < 4.78 is 36.8. The van der Waals surface area contributed by atoms with Crippen LogP contribution in [0.15, 0.2) is 16.5 Å². The Hall–Kier alpha value is -2.54. The molecule has 0 aliphatic carbocycles. The largest absolute Gasteiger partial charge is 0.443 e. The van der Waals surface area contributed by atoms with E-state index in [4.69, 9.17) is 15.9 Å². The Morgan fingerprint density at radius 3 is 1.66 bits per heavy atom. The summed E-state index contributed by atoms with van der Waals surface area (Å²) >= 11 is 0. The van der Waals surface area contributed by atoms with Crippen molar-refractivity contribution in [3.05, 3.63) is 11.5 Å². The van der Waals surface area contributed by atoms with E-state index in [9.17, 15) is 18.0 Å². The first-order valence-electron chi connectivity index (χ1n) is 8.80. The van der Waals surface area contributed by atoms with E-state index < -0.39 is 44.5 Å². The highest BCUT2D eigenvalue weighted by molar-refractivity contribution is 7.89. The third-order valence-corrected chi connectivity index (χ3v) is 5.27. The average molecular weight is 430 g/mol. The van der Waals surface area contributed by atoms with E-state index in [2.05, 4.69) is 17.6 Å². The molecule has 0 aromatic carbocycles. The number of hydrogen-bond donors (Lipinski definition) is 0. The van der Waals surface area contributed by atoms with Crippen LogP contribution in [0, 0.1) is 12.3 Å². The smallest absolute Gasteiger partial charge is 0.425 e. The molecule has 0 atom stereocenters. The minimum Gasteiger partial charge on any atom is -0.443 e. The topological polar surface area (TPSA) is 106 Å². The van der Waals surface area contributed by atoms with Crippen LogP contribution >= 0.6 is 0 Å². The van der Waals surface area contributed by atoms with Crippen LogP contribution in [0.1, 0.15) is 55.4 Å². The highest BCUT2D eigenvalue weighted by Gasteiger charge is 2.40. The van der Waals surface area contributed by atoms with Gasteiger partial charge < -0.3 is 9.47 Å². The Balaban J connectivity index is 6.87. The molecule has 0 N–H and O–H groups in total. The lowest BCUT2D eigenvalue weighted by atomic mass is 10.2. The number of nitrogens with zero attached hydrogens (tertiary/aromatic N) is 3. The third-order valence-electron chi connectivity index (χ3n) is 3.15. The van der Waals surface area contributed by atoms with E-state index in [1.54, 1.807) is 41.5 Å². The van der Waals surface area contributed by atoms with Gasteiger partial charge >= 0.3 is 12.2 Å². The van der Waals surface area contributed by atoms with Crippen LogP contribution in [0.4, 0.5) is 9.59 Å². The Morgan fingerprint density at radius 1 is 1.03 bits per heavy atom. The molecule has 0 unspecified atom stereocenters. The number of hydrogen-bond acceptors (Lipinski definition) is 7. The molecule has 0 aliphatic heterocycles. The number of sulfonamides is 1. The highest BCUT2D eigenvalue weighted by atomic mass is 32.2. The molecule has 0 heterocycles. The molecule has 0 radical (unpaired) electrons.